The van der Waals surface area contributed by atoms with Crippen molar-refractivity contribution in [2.45, 2.75) is 31.2 Å². The molecule has 0 saturated carbocycles. The van der Waals surface area contributed by atoms with Crippen molar-refractivity contribution in [1.82, 2.24) is 5.32 Å². The van der Waals surface area contributed by atoms with Crippen LogP contribution in [0.5, 0.6) is 5.75 Å². The molecule has 0 radical (unpaired) electrons. The van der Waals surface area contributed by atoms with Crippen molar-refractivity contribution < 1.29 is 17.9 Å². The van der Waals surface area contributed by atoms with Crippen LogP contribution in [0.25, 0.3) is 0 Å². The Morgan fingerprint density at radius 1 is 0.909 bits per heavy atom. The molecule has 0 aliphatic carbocycles. The van der Waals surface area contributed by atoms with E-state index in [0.717, 1.165) is 16.3 Å². The van der Waals surface area contributed by atoms with E-state index in [-0.39, 0.29) is 23.4 Å². The number of benzene rings is 3. The lowest BCUT2D eigenvalue weighted by atomic mass is 9.97. The van der Waals surface area contributed by atoms with Crippen molar-refractivity contribution in [3.8, 4) is 5.75 Å². The average Bonchev–Trinajstić information content (AvgIpc) is 2.83. The van der Waals surface area contributed by atoms with Crippen LogP contribution in [-0.4, -0.2) is 28.0 Å². The predicted molar refractivity (Wildman–Crippen MR) is 131 cm³/mol. The molecule has 1 N–H and O–H groups in total. The second kappa shape index (κ2) is 11.0. The van der Waals surface area contributed by atoms with Gasteiger partial charge < -0.3 is 10.1 Å². The maximum atomic E-state index is 13.5. The van der Waals surface area contributed by atoms with E-state index >= 15 is 0 Å². The highest BCUT2D eigenvalue weighted by Crippen LogP contribution is 2.26. The SMILES string of the molecule is COc1ccc(S(=O)(=O)N(CC(=O)NC(CC(C)C)c2ccccc2)c2ccccc2)cc1. The molecule has 0 bridgehead atoms. The molecule has 0 spiro atoms. The smallest absolute Gasteiger partial charge is 0.264 e. The maximum absolute atomic E-state index is 13.5. The number of methoxy groups -OCH3 is 1. The molecule has 0 aromatic heterocycles. The van der Waals surface area contributed by atoms with Gasteiger partial charge in [-0.25, -0.2) is 8.42 Å². The molecule has 1 amide bonds. The minimum atomic E-state index is -3.98. The monoisotopic (exact) mass is 466 g/mol. The van der Waals surface area contributed by atoms with Crippen LogP contribution in [0.2, 0.25) is 0 Å². The highest BCUT2D eigenvalue weighted by atomic mass is 32.2. The van der Waals surface area contributed by atoms with Crippen molar-refractivity contribution in [2.75, 3.05) is 18.0 Å². The van der Waals surface area contributed by atoms with Gasteiger partial charge in [0.05, 0.1) is 23.7 Å². The van der Waals surface area contributed by atoms with Crippen LogP contribution in [-0.2, 0) is 14.8 Å². The number of rotatable bonds is 10. The zero-order valence-corrected chi connectivity index (χ0v) is 20.0. The van der Waals surface area contributed by atoms with Gasteiger partial charge in [-0.15, -0.1) is 0 Å². The number of carbonyl (C=O) groups is 1. The summed E-state index contributed by atoms with van der Waals surface area (Å²) in [5.41, 5.74) is 1.41. The number of nitrogens with zero attached hydrogens (tertiary/aromatic N) is 1. The summed E-state index contributed by atoms with van der Waals surface area (Å²) in [6.45, 7) is 3.85. The normalized spacial score (nSPS) is 12.2. The van der Waals surface area contributed by atoms with Crippen LogP contribution in [0.15, 0.2) is 89.8 Å². The first-order chi connectivity index (χ1) is 15.8. The van der Waals surface area contributed by atoms with Crippen molar-refractivity contribution in [3.05, 3.63) is 90.5 Å². The molecule has 3 aromatic rings. The molecular formula is C26H30N2O4S. The molecule has 0 heterocycles. The van der Waals surface area contributed by atoms with Gasteiger partial charge in [-0.05, 0) is 54.3 Å². The Hall–Kier alpha value is -3.32. The zero-order valence-electron chi connectivity index (χ0n) is 19.1. The highest BCUT2D eigenvalue weighted by molar-refractivity contribution is 7.92. The molecule has 6 nitrogen and oxygen atoms in total. The van der Waals surface area contributed by atoms with Crippen molar-refractivity contribution in [2.24, 2.45) is 5.92 Å². The molecule has 7 heteroatoms. The molecule has 3 rings (SSSR count). The Kier molecular flexibility index (Phi) is 8.11. The average molecular weight is 467 g/mol. The van der Waals surface area contributed by atoms with E-state index in [1.807, 2.05) is 30.3 Å². The summed E-state index contributed by atoms with van der Waals surface area (Å²) in [5.74, 6) is 0.534. The van der Waals surface area contributed by atoms with Gasteiger partial charge >= 0.3 is 0 Å². The van der Waals surface area contributed by atoms with Gasteiger partial charge in [0, 0.05) is 0 Å². The van der Waals surface area contributed by atoms with E-state index in [2.05, 4.69) is 19.2 Å². The predicted octanol–water partition coefficient (Wildman–Crippen LogP) is 4.79. The number of hydrogen-bond acceptors (Lipinski definition) is 4. The summed E-state index contributed by atoms with van der Waals surface area (Å²) in [6.07, 6.45) is 0.742. The van der Waals surface area contributed by atoms with Crippen LogP contribution in [0.3, 0.4) is 0 Å². The number of nitrogens with one attached hydrogen (secondary N) is 1. The van der Waals surface area contributed by atoms with Crippen molar-refractivity contribution in [3.63, 3.8) is 0 Å². The fourth-order valence-electron chi connectivity index (χ4n) is 3.59. The van der Waals surface area contributed by atoms with Crippen molar-refractivity contribution >= 4 is 21.6 Å². The number of para-hydroxylation sites is 1. The number of amides is 1. The first-order valence-electron chi connectivity index (χ1n) is 10.9. The largest absolute Gasteiger partial charge is 0.497 e. The van der Waals surface area contributed by atoms with Crippen LogP contribution >= 0.6 is 0 Å². The fourth-order valence-corrected chi connectivity index (χ4v) is 5.01. The summed E-state index contributed by atoms with van der Waals surface area (Å²) in [6, 6.07) is 24.3. The molecule has 174 valence electrons. The molecule has 0 aliphatic rings. The molecule has 3 aromatic carbocycles. The second-order valence-electron chi connectivity index (χ2n) is 8.18. The van der Waals surface area contributed by atoms with Crippen LogP contribution in [0.1, 0.15) is 31.9 Å². The Bertz CT molecular complexity index is 1130. The van der Waals surface area contributed by atoms with Crippen LogP contribution in [0.4, 0.5) is 5.69 Å². The number of ether oxygens (including phenoxy) is 1. The summed E-state index contributed by atoms with van der Waals surface area (Å²) in [5, 5.41) is 3.04. The molecule has 33 heavy (non-hydrogen) atoms. The Morgan fingerprint density at radius 2 is 1.48 bits per heavy atom. The van der Waals surface area contributed by atoms with Gasteiger partial charge in [-0.3, -0.25) is 9.10 Å². The minimum absolute atomic E-state index is 0.0849. The first-order valence-corrected chi connectivity index (χ1v) is 12.3. The summed E-state index contributed by atoms with van der Waals surface area (Å²) in [7, 11) is -2.46. The number of anilines is 1. The standard InChI is InChI=1S/C26H30N2O4S/c1-20(2)18-25(21-10-6-4-7-11-21)27-26(29)19-28(22-12-8-5-9-13-22)33(30,31)24-16-14-23(32-3)15-17-24/h4-17,20,25H,18-19H2,1-3H3,(H,27,29). The van der Waals surface area contributed by atoms with Gasteiger partial charge in [-0.2, -0.15) is 0 Å². The molecule has 0 fully saturated rings. The van der Waals surface area contributed by atoms with Crippen LogP contribution in [0, 0.1) is 5.92 Å². The van der Waals surface area contributed by atoms with Gasteiger partial charge in [0.2, 0.25) is 5.91 Å². The van der Waals surface area contributed by atoms with Gasteiger partial charge in [-0.1, -0.05) is 62.4 Å². The molecule has 0 aliphatic heterocycles. The van der Waals surface area contributed by atoms with E-state index in [1.165, 1.54) is 19.2 Å². The van der Waals surface area contributed by atoms with Gasteiger partial charge in [0.15, 0.2) is 0 Å². The van der Waals surface area contributed by atoms with E-state index < -0.39 is 10.0 Å². The Labute approximate surface area is 196 Å². The molecule has 1 unspecified atom stereocenters. The second-order valence-corrected chi connectivity index (χ2v) is 10.0. The minimum Gasteiger partial charge on any atom is -0.497 e. The Balaban J connectivity index is 1.89. The molecule has 0 saturated heterocycles. The topological polar surface area (TPSA) is 75.7 Å². The molecule has 1 atom stereocenters. The third-order valence-corrected chi connectivity index (χ3v) is 7.01. The summed E-state index contributed by atoms with van der Waals surface area (Å²) < 4.78 is 33.3. The molecular weight excluding hydrogens is 436 g/mol. The van der Waals surface area contributed by atoms with E-state index in [0.29, 0.717) is 17.4 Å². The third-order valence-electron chi connectivity index (χ3n) is 5.22. The van der Waals surface area contributed by atoms with Gasteiger partial charge in [0.1, 0.15) is 12.3 Å². The summed E-state index contributed by atoms with van der Waals surface area (Å²) >= 11 is 0. The highest BCUT2D eigenvalue weighted by Gasteiger charge is 2.28. The maximum Gasteiger partial charge on any atom is 0.264 e. The Morgan fingerprint density at radius 3 is 2.03 bits per heavy atom. The van der Waals surface area contributed by atoms with E-state index in [9.17, 15) is 13.2 Å². The van der Waals surface area contributed by atoms with E-state index in [1.54, 1.807) is 42.5 Å². The van der Waals surface area contributed by atoms with E-state index in [4.69, 9.17) is 4.74 Å². The fraction of sp³-hybridized carbons (Fsp3) is 0.269. The van der Waals surface area contributed by atoms with Gasteiger partial charge in [0.25, 0.3) is 10.0 Å². The van der Waals surface area contributed by atoms with Crippen molar-refractivity contribution in [1.29, 1.82) is 0 Å². The first kappa shape index (κ1) is 24.3. The number of sulfonamides is 1. The lowest BCUT2D eigenvalue weighted by Crippen LogP contribution is -2.42. The summed E-state index contributed by atoms with van der Waals surface area (Å²) in [4.78, 5) is 13.2. The number of hydrogen-bond donors (Lipinski definition) is 1. The lowest BCUT2D eigenvalue weighted by Gasteiger charge is -2.26. The third kappa shape index (κ3) is 6.35. The quantitative estimate of drug-likeness (QED) is 0.466. The number of carbonyl (C=O) groups excluding carboxylic acids is 1. The lowest BCUT2D eigenvalue weighted by molar-refractivity contribution is -0.120. The zero-order chi connectivity index (χ0) is 23.8. The van der Waals surface area contributed by atoms with Crippen LogP contribution < -0.4 is 14.4 Å².